The van der Waals surface area contributed by atoms with Gasteiger partial charge < -0.3 is 10.2 Å². The number of carbonyl (C=O) groups excluding carboxylic acids is 1. The number of nitrogens with one attached hydrogen (secondary N) is 2. The van der Waals surface area contributed by atoms with Crippen LogP contribution >= 0.6 is 11.6 Å². The SMILES string of the molecule is C[C@@H]1C[C@H](C)C[NH+](CC(=O)NCCc2cccc(Cl)c2)C1. The molecule has 1 heterocycles. The molecule has 1 aromatic carbocycles. The van der Waals surface area contributed by atoms with E-state index in [4.69, 9.17) is 11.6 Å². The predicted octanol–water partition coefficient (Wildman–Crippen LogP) is 1.56. The normalized spacial score (nSPS) is 25.6. The molecular formula is C17H26ClN2O+. The van der Waals surface area contributed by atoms with Crippen LogP contribution in [0.2, 0.25) is 5.02 Å². The summed E-state index contributed by atoms with van der Waals surface area (Å²) in [6, 6.07) is 7.80. The number of likely N-dealkylation sites (tertiary alicyclic amines) is 1. The molecule has 1 aromatic rings. The first-order valence-electron chi connectivity index (χ1n) is 7.87. The van der Waals surface area contributed by atoms with E-state index in [0.717, 1.165) is 41.9 Å². The topological polar surface area (TPSA) is 33.5 Å². The number of hydrogen-bond acceptors (Lipinski definition) is 1. The van der Waals surface area contributed by atoms with Crippen molar-refractivity contribution >= 4 is 17.5 Å². The van der Waals surface area contributed by atoms with Gasteiger partial charge in [-0.3, -0.25) is 4.79 Å². The summed E-state index contributed by atoms with van der Waals surface area (Å²) in [5, 5.41) is 3.77. The molecule has 3 nitrogen and oxygen atoms in total. The van der Waals surface area contributed by atoms with E-state index in [9.17, 15) is 4.79 Å². The minimum Gasteiger partial charge on any atom is -0.351 e. The quantitative estimate of drug-likeness (QED) is 0.850. The fraction of sp³-hybridized carbons (Fsp3) is 0.588. The molecule has 3 atom stereocenters. The average molecular weight is 310 g/mol. The number of halogens is 1. The van der Waals surface area contributed by atoms with E-state index in [1.807, 2.05) is 24.3 Å². The summed E-state index contributed by atoms with van der Waals surface area (Å²) < 4.78 is 0. The number of hydrogen-bond donors (Lipinski definition) is 2. The van der Waals surface area contributed by atoms with Crippen LogP contribution in [-0.4, -0.2) is 32.1 Å². The summed E-state index contributed by atoms with van der Waals surface area (Å²) in [6.45, 7) is 8.08. The zero-order chi connectivity index (χ0) is 15.2. The molecule has 0 aromatic heterocycles. The maximum atomic E-state index is 12.0. The van der Waals surface area contributed by atoms with Gasteiger partial charge in [-0.25, -0.2) is 0 Å². The largest absolute Gasteiger partial charge is 0.351 e. The lowest BCUT2D eigenvalue weighted by atomic mass is 9.92. The van der Waals surface area contributed by atoms with Gasteiger partial charge in [-0.2, -0.15) is 0 Å². The van der Waals surface area contributed by atoms with Gasteiger partial charge in [0.05, 0.1) is 13.1 Å². The zero-order valence-electron chi connectivity index (χ0n) is 13.0. The maximum absolute atomic E-state index is 12.0. The molecule has 4 heteroatoms. The van der Waals surface area contributed by atoms with E-state index in [2.05, 4.69) is 19.2 Å². The van der Waals surface area contributed by atoms with E-state index in [0.29, 0.717) is 13.1 Å². The van der Waals surface area contributed by atoms with Crippen molar-refractivity contribution in [1.29, 1.82) is 0 Å². The molecule has 0 radical (unpaired) electrons. The summed E-state index contributed by atoms with van der Waals surface area (Å²) in [7, 11) is 0. The van der Waals surface area contributed by atoms with Crippen LogP contribution in [0.25, 0.3) is 0 Å². The third-order valence-electron chi connectivity index (χ3n) is 4.11. The molecule has 1 aliphatic rings. The molecule has 2 N–H and O–H groups in total. The van der Waals surface area contributed by atoms with Crippen LogP contribution < -0.4 is 10.2 Å². The summed E-state index contributed by atoms with van der Waals surface area (Å²) in [6.07, 6.45) is 2.12. The first-order valence-corrected chi connectivity index (χ1v) is 8.25. The Morgan fingerprint density at radius 1 is 1.33 bits per heavy atom. The van der Waals surface area contributed by atoms with Crippen molar-refractivity contribution in [2.75, 3.05) is 26.2 Å². The minimum absolute atomic E-state index is 0.160. The molecule has 1 amide bonds. The third kappa shape index (κ3) is 5.68. The van der Waals surface area contributed by atoms with Gasteiger partial charge in [-0.15, -0.1) is 0 Å². The molecule has 116 valence electrons. The number of quaternary nitrogens is 1. The highest BCUT2D eigenvalue weighted by Crippen LogP contribution is 2.12. The van der Waals surface area contributed by atoms with Gasteiger partial charge in [0.15, 0.2) is 6.54 Å². The number of amides is 1. The highest BCUT2D eigenvalue weighted by molar-refractivity contribution is 6.30. The third-order valence-corrected chi connectivity index (χ3v) is 4.35. The van der Waals surface area contributed by atoms with Crippen LogP contribution in [0.1, 0.15) is 25.8 Å². The first-order chi connectivity index (χ1) is 10.0. The smallest absolute Gasteiger partial charge is 0.275 e. The van der Waals surface area contributed by atoms with Crippen molar-refractivity contribution in [3.63, 3.8) is 0 Å². The Labute approximate surface area is 132 Å². The number of benzene rings is 1. The summed E-state index contributed by atoms with van der Waals surface area (Å²) >= 11 is 5.95. The number of piperidine rings is 1. The molecule has 0 saturated carbocycles. The van der Waals surface area contributed by atoms with E-state index >= 15 is 0 Å². The van der Waals surface area contributed by atoms with Gasteiger partial charge in [-0.05, 0) is 30.5 Å². The first kappa shape index (κ1) is 16.3. The zero-order valence-corrected chi connectivity index (χ0v) is 13.7. The van der Waals surface area contributed by atoms with Crippen molar-refractivity contribution in [3.05, 3.63) is 34.9 Å². The Balaban J connectivity index is 1.70. The Hall–Kier alpha value is -1.06. The molecule has 1 unspecified atom stereocenters. The monoisotopic (exact) mass is 309 g/mol. The van der Waals surface area contributed by atoms with Crippen molar-refractivity contribution in [2.24, 2.45) is 11.8 Å². The van der Waals surface area contributed by atoms with Crippen LogP contribution in [0.5, 0.6) is 0 Å². The Bertz CT molecular complexity index is 468. The minimum atomic E-state index is 0.160. The number of carbonyl (C=O) groups is 1. The molecule has 1 saturated heterocycles. The predicted molar refractivity (Wildman–Crippen MR) is 86.7 cm³/mol. The van der Waals surface area contributed by atoms with E-state index in [-0.39, 0.29) is 5.91 Å². The Kier molecular flexibility index (Phi) is 6.07. The van der Waals surface area contributed by atoms with Gasteiger partial charge in [0.2, 0.25) is 0 Å². The highest BCUT2D eigenvalue weighted by atomic mass is 35.5. The van der Waals surface area contributed by atoms with Crippen LogP contribution in [0, 0.1) is 11.8 Å². The molecule has 0 spiro atoms. The highest BCUT2D eigenvalue weighted by Gasteiger charge is 2.26. The van der Waals surface area contributed by atoms with Crippen LogP contribution in [0.4, 0.5) is 0 Å². The lowest BCUT2D eigenvalue weighted by molar-refractivity contribution is -0.904. The lowest BCUT2D eigenvalue weighted by Crippen LogP contribution is -3.15. The molecule has 1 fully saturated rings. The summed E-state index contributed by atoms with van der Waals surface area (Å²) in [4.78, 5) is 13.4. The summed E-state index contributed by atoms with van der Waals surface area (Å²) in [5.41, 5.74) is 1.16. The summed E-state index contributed by atoms with van der Waals surface area (Å²) in [5.74, 6) is 1.61. The fourth-order valence-electron chi connectivity index (χ4n) is 3.40. The molecule has 0 bridgehead atoms. The van der Waals surface area contributed by atoms with Crippen LogP contribution in [0.3, 0.4) is 0 Å². The Morgan fingerprint density at radius 2 is 2.05 bits per heavy atom. The second kappa shape index (κ2) is 7.81. The molecular weight excluding hydrogens is 284 g/mol. The van der Waals surface area contributed by atoms with Crippen LogP contribution in [0.15, 0.2) is 24.3 Å². The molecule has 2 rings (SSSR count). The maximum Gasteiger partial charge on any atom is 0.275 e. The van der Waals surface area contributed by atoms with E-state index in [1.165, 1.54) is 11.3 Å². The van der Waals surface area contributed by atoms with Crippen molar-refractivity contribution in [3.8, 4) is 0 Å². The van der Waals surface area contributed by atoms with Gasteiger partial charge >= 0.3 is 0 Å². The Morgan fingerprint density at radius 3 is 2.71 bits per heavy atom. The number of rotatable bonds is 5. The second-order valence-corrected chi connectivity index (χ2v) is 6.95. The standard InChI is InChI=1S/C17H25ClN2O/c1-13-8-14(2)11-20(10-13)12-17(21)19-7-6-15-4-3-5-16(18)9-15/h3-5,9,13-14H,6-8,10-12H2,1-2H3,(H,19,21)/p+1/t13-,14+. The van der Waals surface area contributed by atoms with Gasteiger partial charge in [-0.1, -0.05) is 37.6 Å². The second-order valence-electron chi connectivity index (χ2n) is 6.51. The van der Waals surface area contributed by atoms with Gasteiger partial charge in [0, 0.05) is 23.4 Å². The van der Waals surface area contributed by atoms with Crippen molar-refractivity contribution < 1.29 is 9.69 Å². The van der Waals surface area contributed by atoms with Crippen molar-refractivity contribution in [2.45, 2.75) is 26.7 Å². The molecule has 1 aliphatic heterocycles. The van der Waals surface area contributed by atoms with Crippen LogP contribution in [-0.2, 0) is 11.2 Å². The van der Waals surface area contributed by atoms with Crippen molar-refractivity contribution in [1.82, 2.24) is 5.32 Å². The molecule has 0 aliphatic carbocycles. The average Bonchev–Trinajstić information content (AvgIpc) is 2.37. The molecule has 21 heavy (non-hydrogen) atoms. The lowest BCUT2D eigenvalue weighted by Gasteiger charge is -2.31. The van der Waals surface area contributed by atoms with Gasteiger partial charge in [0.25, 0.3) is 5.91 Å². The van der Waals surface area contributed by atoms with E-state index in [1.54, 1.807) is 0 Å². The van der Waals surface area contributed by atoms with Gasteiger partial charge in [0.1, 0.15) is 0 Å². The van der Waals surface area contributed by atoms with E-state index < -0.39 is 0 Å². The fourth-order valence-corrected chi connectivity index (χ4v) is 3.61.